The lowest BCUT2D eigenvalue weighted by molar-refractivity contribution is -0.201. The molecule has 4 heterocycles. The lowest BCUT2D eigenvalue weighted by Gasteiger charge is -2.31. The molecule has 2 aromatic heterocycles. The minimum absolute atomic E-state index is 0.0521. The normalized spacial score (nSPS) is 23.4. The van der Waals surface area contributed by atoms with Crippen LogP contribution in [0.15, 0.2) is 66.9 Å². The van der Waals surface area contributed by atoms with Crippen LogP contribution in [0.4, 0.5) is 10.6 Å². The van der Waals surface area contributed by atoms with E-state index < -0.39 is 48.0 Å². The first-order valence-corrected chi connectivity index (χ1v) is 17.2. The second-order valence-corrected chi connectivity index (χ2v) is 14.4. The number of benzene rings is 2. The Bertz CT molecular complexity index is 1860. The number of carbonyl (C=O) groups excluding carboxylic acids is 2. The van der Waals surface area contributed by atoms with Crippen molar-refractivity contribution in [3.05, 3.63) is 83.8 Å². The van der Waals surface area contributed by atoms with E-state index in [2.05, 4.69) is 0 Å². The third-order valence-corrected chi connectivity index (χ3v) is 8.94. The Morgan fingerprint density at radius 3 is 2.34 bits per heavy atom. The zero-order chi connectivity index (χ0) is 35.0. The molecule has 3 fully saturated rings. The molecular formula is C38H43N5O7. The van der Waals surface area contributed by atoms with E-state index in [4.69, 9.17) is 38.8 Å². The zero-order valence-corrected chi connectivity index (χ0v) is 29.0. The molecule has 12 heteroatoms. The van der Waals surface area contributed by atoms with Crippen molar-refractivity contribution < 1.29 is 33.3 Å². The molecule has 1 amide bonds. The maximum atomic E-state index is 13.9. The number of rotatable bonds is 8. The Balaban J connectivity index is 1.28. The number of hydrogen-bond donors (Lipinski definition) is 0. The number of aromatic nitrogens is 4. The second-order valence-electron chi connectivity index (χ2n) is 14.4. The fourth-order valence-corrected chi connectivity index (χ4v) is 6.79. The number of esters is 1. The first-order valence-electron chi connectivity index (χ1n) is 17.2. The maximum absolute atomic E-state index is 13.9. The molecule has 4 aromatic rings. The minimum Gasteiger partial charge on any atom is -0.459 e. The van der Waals surface area contributed by atoms with Crippen molar-refractivity contribution in [2.75, 3.05) is 11.5 Å². The van der Waals surface area contributed by atoms with Crippen molar-refractivity contribution in [2.45, 2.75) is 102 Å². The quantitative estimate of drug-likeness (QED) is 0.180. The summed E-state index contributed by atoms with van der Waals surface area (Å²) >= 11 is 0. The highest BCUT2D eigenvalue weighted by Gasteiger charge is 2.57. The molecule has 2 saturated heterocycles. The van der Waals surface area contributed by atoms with Crippen LogP contribution >= 0.6 is 0 Å². The molecule has 0 N–H and O–H groups in total. The van der Waals surface area contributed by atoms with Gasteiger partial charge in [0, 0.05) is 6.04 Å². The van der Waals surface area contributed by atoms with E-state index in [0.29, 0.717) is 28.2 Å². The standard InChI is InChI=1S/C38H43N5O7/c1-37(2,3)50-36(45)42(26-18-12-13-19-26)32-27-22-39-43(33(27)41-29(40-32)21-20-24-14-8-6-9-15-24)34-31-30(48-38(4,5)49-31)28(47-34)23-46-35(44)25-16-10-7-11-17-25/h6-11,14-17,20-22,26,28,30-31,34H,12-13,18-19,23H2,1-5H3/b21-20+/t28-,30-,31-,34-/m1/s1. The van der Waals surface area contributed by atoms with Gasteiger partial charge in [-0.1, -0.05) is 67.4 Å². The van der Waals surface area contributed by atoms with Gasteiger partial charge in [0.15, 0.2) is 29.3 Å². The summed E-state index contributed by atoms with van der Waals surface area (Å²) in [6.07, 6.45) is 6.02. The number of anilines is 1. The Hall–Kier alpha value is -4.65. The fourth-order valence-electron chi connectivity index (χ4n) is 6.79. The molecule has 0 spiro atoms. The molecule has 262 valence electrons. The Morgan fingerprint density at radius 2 is 1.64 bits per heavy atom. The Labute approximate surface area is 291 Å². The molecule has 3 aliphatic rings. The lowest BCUT2D eigenvalue weighted by Crippen LogP contribution is -2.43. The zero-order valence-electron chi connectivity index (χ0n) is 29.0. The van der Waals surface area contributed by atoms with Crippen molar-refractivity contribution >= 4 is 41.1 Å². The molecule has 12 nitrogen and oxygen atoms in total. The predicted molar refractivity (Wildman–Crippen MR) is 186 cm³/mol. The predicted octanol–water partition coefficient (Wildman–Crippen LogP) is 6.96. The average Bonchev–Trinajstić information content (AvgIpc) is 3.88. The van der Waals surface area contributed by atoms with Crippen LogP contribution in [0.1, 0.15) is 88.3 Å². The Kier molecular flexibility index (Phi) is 9.19. The van der Waals surface area contributed by atoms with Gasteiger partial charge in [-0.3, -0.25) is 4.90 Å². The highest BCUT2D eigenvalue weighted by atomic mass is 16.8. The van der Waals surface area contributed by atoms with Crippen LogP contribution in [-0.2, 0) is 23.7 Å². The fraction of sp³-hybridized carbons (Fsp3) is 0.447. The summed E-state index contributed by atoms with van der Waals surface area (Å²) in [5.41, 5.74) is 1.16. The van der Waals surface area contributed by atoms with Crippen molar-refractivity contribution in [1.29, 1.82) is 0 Å². The van der Waals surface area contributed by atoms with E-state index in [1.54, 1.807) is 40.0 Å². The Morgan fingerprint density at radius 1 is 0.960 bits per heavy atom. The van der Waals surface area contributed by atoms with Gasteiger partial charge in [-0.2, -0.15) is 5.10 Å². The molecular weight excluding hydrogens is 638 g/mol. The number of hydrogen-bond acceptors (Lipinski definition) is 10. The molecule has 0 radical (unpaired) electrons. The molecule has 2 aliphatic heterocycles. The molecule has 1 saturated carbocycles. The summed E-state index contributed by atoms with van der Waals surface area (Å²) in [6, 6.07) is 18.6. The van der Waals surface area contributed by atoms with Crippen LogP contribution in [0.25, 0.3) is 23.2 Å². The third kappa shape index (κ3) is 7.14. The number of nitrogens with zero attached hydrogens (tertiary/aromatic N) is 5. The number of amides is 1. The first kappa shape index (κ1) is 33.8. The average molecular weight is 682 g/mol. The highest BCUT2D eigenvalue weighted by molar-refractivity contribution is 5.98. The second kappa shape index (κ2) is 13.6. The maximum Gasteiger partial charge on any atom is 0.416 e. The van der Waals surface area contributed by atoms with Crippen LogP contribution < -0.4 is 4.90 Å². The van der Waals surface area contributed by atoms with Crippen LogP contribution in [0, 0.1) is 0 Å². The molecule has 2 aromatic carbocycles. The van der Waals surface area contributed by atoms with Crippen molar-refractivity contribution in [3.8, 4) is 0 Å². The van der Waals surface area contributed by atoms with Gasteiger partial charge in [0.1, 0.15) is 30.5 Å². The van der Waals surface area contributed by atoms with E-state index in [1.807, 2.05) is 83.2 Å². The van der Waals surface area contributed by atoms with E-state index in [0.717, 1.165) is 31.2 Å². The van der Waals surface area contributed by atoms with Crippen molar-refractivity contribution in [2.24, 2.45) is 0 Å². The van der Waals surface area contributed by atoms with E-state index in [1.165, 1.54) is 0 Å². The highest BCUT2D eigenvalue weighted by Crippen LogP contribution is 2.44. The van der Waals surface area contributed by atoms with Crippen molar-refractivity contribution in [3.63, 3.8) is 0 Å². The number of fused-ring (bicyclic) bond motifs is 2. The van der Waals surface area contributed by atoms with E-state index in [-0.39, 0.29) is 12.6 Å². The molecule has 4 atom stereocenters. The van der Waals surface area contributed by atoms with Crippen LogP contribution in [0.5, 0.6) is 0 Å². The van der Waals surface area contributed by atoms with Gasteiger partial charge < -0.3 is 23.7 Å². The molecule has 1 aliphatic carbocycles. The molecule has 0 bridgehead atoms. The van der Waals surface area contributed by atoms with Gasteiger partial charge in [-0.15, -0.1) is 0 Å². The van der Waals surface area contributed by atoms with Gasteiger partial charge >= 0.3 is 12.1 Å². The molecule has 50 heavy (non-hydrogen) atoms. The summed E-state index contributed by atoms with van der Waals surface area (Å²) in [4.78, 5) is 38.3. The van der Waals surface area contributed by atoms with Gasteiger partial charge in [-0.25, -0.2) is 24.2 Å². The summed E-state index contributed by atoms with van der Waals surface area (Å²) < 4.78 is 32.5. The van der Waals surface area contributed by atoms with Gasteiger partial charge in [0.2, 0.25) is 0 Å². The monoisotopic (exact) mass is 681 g/mol. The van der Waals surface area contributed by atoms with Crippen molar-refractivity contribution in [1.82, 2.24) is 19.7 Å². The molecule has 7 rings (SSSR count). The largest absolute Gasteiger partial charge is 0.459 e. The molecule has 0 unspecified atom stereocenters. The minimum atomic E-state index is -0.915. The lowest BCUT2D eigenvalue weighted by atomic mass is 10.1. The van der Waals surface area contributed by atoms with Gasteiger partial charge in [0.25, 0.3) is 0 Å². The van der Waals surface area contributed by atoms with Gasteiger partial charge in [-0.05, 0) is 71.2 Å². The summed E-state index contributed by atoms with van der Waals surface area (Å²) in [7, 11) is 0. The number of carbonyl (C=O) groups is 2. The first-order chi connectivity index (χ1) is 24.0. The van der Waals surface area contributed by atoms with Crippen LogP contribution in [0.3, 0.4) is 0 Å². The SMILES string of the molecule is CC(C)(C)OC(=O)N(c1nc(/C=C/c2ccccc2)nc2c1cnn2[C@@H]1O[C@H](COC(=O)c2ccccc2)[C@H]2OC(C)(C)O[C@H]21)C1CCCC1. The number of ether oxygens (including phenoxy) is 5. The summed E-state index contributed by atoms with van der Waals surface area (Å²) in [5.74, 6) is -0.571. The topological polar surface area (TPSA) is 127 Å². The smallest absolute Gasteiger partial charge is 0.416 e. The van der Waals surface area contributed by atoms with E-state index in [9.17, 15) is 9.59 Å². The summed E-state index contributed by atoms with van der Waals surface area (Å²) in [6.45, 7) is 9.18. The van der Waals surface area contributed by atoms with E-state index >= 15 is 0 Å². The third-order valence-electron chi connectivity index (χ3n) is 8.94. The van der Waals surface area contributed by atoms with Gasteiger partial charge in [0.05, 0.1) is 17.1 Å². The van der Waals surface area contributed by atoms with Crippen LogP contribution in [0.2, 0.25) is 0 Å². The van der Waals surface area contributed by atoms with Crippen LogP contribution in [-0.4, -0.2) is 74.2 Å². The summed E-state index contributed by atoms with van der Waals surface area (Å²) in [5, 5.41) is 5.34.